The summed E-state index contributed by atoms with van der Waals surface area (Å²) in [7, 11) is 0. The van der Waals surface area contributed by atoms with Crippen molar-refractivity contribution < 1.29 is 14.4 Å². The lowest BCUT2D eigenvalue weighted by Crippen LogP contribution is -2.05. The van der Waals surface area contributed by atoms with E-state index in [9.17, 15) is 10.1 Å². The van der Waals surface area contributed by atoms with Crippen LogP contribution in [0.4, 0.5) is 28.7 Å². The van der Waals surface area contributed by atoms with Crippen molar-refractivity contribution in [2.45, 2.75) is 13.8 Å². The predicted octanol–water partition coefficient (Wildman–Crippen LogP) is 4.22. The highest BCUT2D eigenvalue weighted by atomic mass is 16.7. The lowest BCUT2D eigenvalue weighted by Gasteiger charge is -2.11. The van der Waals surface area contributed by atoms with Gasteiger partial charge in [0.15, 0.2) is 11.5 Å². The maximum atomic E-state index is 11.7. The van der Waals surface area contributed by atoms with E-state index in [1.807, 2.05) is 32.0 Å². The van der Waals surface area contributed by atoms with Crippen molar-refractivity contribution in [2.24, 2.45) is 0 Å². The SMILES string of the molecule is Cc1cc(C)cc(Nc2ncnc(Nc3ccc4c(c3)OCO4)c2[N+](=O)[O-])c1. The van der Waals surface area contributed by atoms with Gasteiger partial charge in [-0.1, -0.05) is 6.07 Å². The Morgan fingerprint density at radius 1 is 0.929 bits per heavy atom. The van der Waals surface area contributed by atoms with Gasteiger partial charge in [0.2, 0.25) is 18.4 Å². The molecule has 1 aliphatic rings. The van der Waals surface area contributed by atoms with E-state index in [1.54, 1.807) is 18.2 Å². The maximum Gasteiger partial charge on any atom is 0.353 e. The molecular formula is C19H17N5O4. The Bertz CT molecular complexity index is 1050. The summed E-state index contributed by atoms with van der Waals surface area (Å²) >= 11 is 0. The molecule has 0 atom stereocenters. The molecule has 0 unspecified atom stereocenters. The molecule has 2 heterocycles. The Labute approximate surface area is 160 Å². The van der Waals surface area contributed by atoms with E-state index in [0.717, 1.165) is 11.1 Å². The molecule has 1 aliphatic heterocycles. The van der Waals surface area contributed by atoms with E-state index in [1.165, 1.54) is 6.33 Å². The van der Waals surface area contributed by atoms with Crippen molar-refractivity contribution in [2.75, 3.05) is 17.4 Å². The second kappa shape index (κ2) is 7.03. The molecule has 0 fully saturated rings. The first kappa shape index (κ1) is 17.5. The fourth-order valence-corrected chi connectivity index (χ4v) is 3.03. The molecule has 0 saturated heterocycles. The van der Waals surface area contributed by atoms with Gasteiger partial charge in [-0.25, -0.2) is 9.97 Å². The minimum Gasteiger partial charge on any atom is -0.454 e. The Hall–Kier alpha value is -3.88. The average molecular weight is 379 g/mol. The van der Waals surface area contributed by atoms with Crippen molar-refractivity contribution in [3.63, 3.8) is 0 Å². The number of fused-ring (bicyclic) bond motifs is 1. The maximum absolute atomic E-state index is 11.7. The zero-order valence-electron chi connectivity index (χ0n) is 15.2. The third-order valence-corrected chi connectivity index (χ3v) is 4.12. The summed E-state index contributed by atoms with van der Waals surface area (Å²) in [4.78, 5) is 19.3. The molecule has 0 saturated carbocycles. The molecule has 2 N–H and O–H groups in total. The van der Waals surface area contributed by atoms with Gasteiger partial charge < -0.3 is 20.1 Å². The number of nitro groups is 1. The Morgan fingerprint density at radius 3 is 2.25 bits per heavy atom. The summed E-state index contributed by atoms with van der Waals surface area (Å²) in [5, 5.41) is 17.7. The van der Waals surface area contributed by atoms with Crippen LogP contribution in [-0.4, -0.2) is 21.7 Å². The van der Waals surface area contributed by atoms with Crippen LogP contribution in [0.15, 0.2) is 42.7 Å². The minimum atomic E-state index is -0.514. The number of anilines is 4. The smallest absolute Gasteiger partial charge is 0.353 e. The van der Waals surface area contributed by atoms with Gasteiger partial charge in [-0.15, -0.1) is 0 Å². The van der Waals surface area contributed by atoms with Crippen LogP contribution < -0.4 is 20.1 Å². The van der Waals surface area contributed by atoms with Crippen LogP contribution in [0, 0.1) is 24.0 Å². The summed E-state index contributed by atoms with van der Waals surface area (Å²) in [5.74, 6) is 1.37. The highest BCUT2D eigenvalue weighted by Gasteiger charge is 2.24. The van der Waals surface area contributed by atoms with E-state index in [0.29, 0.717) is 22.9 Å². The zero-order valence-corrected chi connectivity index (χ0v) is 15.2. The van der Waals surface area contributed by atoms with Gasteiger partial charge in [0.1, 0.15) is 6.33 Å². The molecule has 4 rings (SSSR count). The number of aryl methyl sites for hydroxylation is 2. The third kappa shape index (κ3) is 3.50. The van der Waals surface area contributed by atoms with E-state index < -0.39 is 4.92 Å². The first-order valence-electron chi connectivity index (χ1n) is 8.51. The lowest BCUT2D eigenvalue weighted by atomic mass is 10.1. The molecule has 0 aliphatic carbocycles. The lowest BCUT2D eigenvalue weighted by molar-refractivity contribution is -0.383. The third-order valence-electron chi connectivity index (χ3n) is 4.12. The van der Waals surface area contributed by atoms with Gasteiger partial charge >= 0.3 is 5.69 Å². The van der Waals surface area contributed by atoms with E-state index in [2.05, 4.69) is 20.6 Å². The highest BCUT2D eigenvalue weighted by Crippen LogP contribution is 2.37. The Balaban J connectivity index is 1.68. The summed E-state index contributed by atoms with van der Waals surface area (Å²) < 4.78 is 10.6. The first-order valence-corrected chi connectivity index (χ1v) is 8.51. The standard InChI is InChI=1S/C19H17N5O4/c1-11-5-12(2)7-14(6-11)23-19-17(24(25)26)18(20-9-21-19)22-13-3-4-15-16(8-13)28-10-27-15/h3-9H,10H2,1-2H3,(H2,20,21,22,23). The number of aromatic nitrogens is 2. The van der Waals surface area contributed by atoms with Crippen molar-refractivity contribution in [3.05, 3.63) is 64.0 Å². The van der Waals surface area contributed by atoms with Crippen LogP contribution in [-0.2, 0) is 0 Å². The highest BCUT2D eigenvalue weighted by molar-refractivity contribution is 5.77. The van der Waals surface area contributed by atoms with E-state index >= 15 is 0 Å². The van der Waals surface area contributed by atoms with Crippen LogP contribution in [0.2, 0.25) is 0 Å². The number of rotatable bonds is 5. The second-order valence-electron chi connectivity index (χ2n) is 6.37. The van der Waals surface area contributed by atoms with Crippen LogP contribution in [0.5, 0.6) is 11.5 Å². The van der Waals surface area contributed by atoms with Crippen molar-refractivity contribution in [1.82, 2.24) is 9.97 Å². The zero-order chi connectivity index (χ0) is 19.7. The predicted molar refractivity (Wildman–Crippen MR) is 104 cm³/mol. The Morgan fingerprint density at radius 2 is 1.57 bits per heavy atom. The van der Waals surface area contributed by atoms with Gasteiger partial charge in [0, 0.05) is 17.4 Å². The number of nitrogens with zero attached hydrogens (tertiary/aromatic N) is 3. The fourth-order valence-electron chi connectivity index (χ4n) is 3.03. The topological polar surface area (TPSA) is 111 Å². The average Bonchev–Trinajstić information content (AvgIpc) is 3.08. The van der Waals surface area contributed by atoms with Crippen LogP contribution in [0.25, 0.3) is 0 Å². The van der Waals surface area contributed by atoms with Gasteiger partial charge in [-0.05, 0) is 49.2 Å². The number of hydrogen-bond acceptors (Lipinski definition) is 8. The fraction of sp³-hybridized carbons (Fsp3) is 0.158. The normalized spacial score (nSPS) is 11.9. The summed E-state index contributed by atoms with van der Waals surface area (Å²) in [6, 6.07) is 11.0. The molecule has 3 aromatic rings. The summed E-state index contributed by atoms with van der Waals surface area (Å²) in [6.45, 7) is 4.06. The van der Waals surface area contributed by atoms with Crippen molar-refractivity contribution >= 4 is 28.7 Å². The molecule has 28 heavy (non-hydrogen) atoms. The summed E-state index contributed by atoms with van der Waals surface area (Å²) in [5.41, 5.74) is 3.13. The molecule has 9 heteroatoms. The van der Waals surface area contributed by atoms with Crippen molar-refractivity contribution in [3.8, 4) is 11.5 Å². The largest absolute Gasteiger partial charge is 0.454 e. The number of nitrogens with one attached hydrogen (secondary N) is 2. The van der Waals surface area contributed by atoms with Crippen LogP contribution in [0.1, 0.15) is 11.1 Å². The van der Waals surface area contributed by atoms with Crippen LogP contribution in [0.3, 0.4) is 0 Å². The first-order chi connectivity index (χ1) is 13.5. The monoisotopic (exact) mass is 379 g/mol. The molecule has 2 aromatic carbocycles. The molecular weight excluding hydrogens is 362 g/mol. The quantitative estimate of drug-likeness (QED) is 0.501. The minimum absolute atomic E-state index is 0.0748. The number of hydrogen-bond donors (Lipinski definition) is 2. The van der Waals surface area contributed by atoms with Crippen LogP contribution >= 0.6 is 0 Å². The number of benzene rings is 2. The van der Waals surface area contributed by atoms with Gasteiger partial charge in [-0.2, -0.15) is 0 Å². The molecule has 0 amide bonds. The van der Waals surface area contributed by atoms with Crippen molar-refractivity contribution in [1.29, 1.82) is 0 Å². The van der Waals surface area contributed by atoms with Gasteiger partial charge in [0.25, 0.3) is 0 Å². The van der Waals surface area contributed by atoms with E-state index in [-0.39, 0.29) is 24.1 Å². The molecule has 0 bridgehead atoms. The van der Waals surface area contributed by atoms with Gasteiger partial charge in [-0.3, -0.25) is 10.1 Å². The van der Waals surface area contributed by atoms with Gasteiger partial charge in [0.05, 0.1) is 4.92 Å². The molecule has 1 aromatic heterocycles. The molecule has 9 nitrogen and oxygen atoms in total. The molecule has 142 valence electrons. The molecule has 0 radical (unpaired) electrons. The number of ether oxygens (including phenoxy) is 2. The molecule has 0 spiro atoms. The van der Waals surface area contributed by atoms with E-state index in [4.69, 9.17) is 9.47 Å². The second-order valence-corrected chi connectivity index (χ2v) is 6.37. The Kier molecular flexibility index (Phi) is 4.40. The summed E-state index contributed by atoms with van der Waals surface area (Å²) in [6.07, 6.45) is 1.27.